The molecule has 0 saturated carbocycles. The zero-order chi connectivity index (χ0) is 16.0. The highest BCUT2D eigenvalue weighted by molar-refractivity contribution is 7.89. The molecule has 1 aromatic carbocycles. The van der Waals surface area contributed by atoms with E-state index in [1.165, 1.54) is 16.4 Å². The molecule has 22 heavy (non-hydrogen) atoms. The molecule has 122 valence electrons. The van der Waals surface area contributed by atoms with Gasteiger partial charge in [0.2, 0.25) is 10.0 Å². The lowest BCUT2D eigenvalue weighted by molar-refractivity contribution is 0.0364. The van der Waals surface area contributed by atoms with Gasteiger partial charge in [0.1, 0.15) is 0 Å². The van der Waals surface area contributed by atoms with E-state index in [1.807, 2.05) is 0 Å². The third-order valence-corrected chi connectivity index (χ3v) is 5.50. The molecule has 0 unspecified atom stereocenters. The molecule has 2 rings (SSSR count). The number of benzene rings is 1. The minimum atomic E-state index is -3.55. The summed E-state index contributed by atoms with van der Waals surface area (Å²) in [4.78, 5) is 16.9. The van der Waals surface area contributed by atoms with Crippen LogP contribution in [0.1, 0.15) is 43.0 Å². The number of carbonyl (C=O) groups is 1. The fourth-order valence-corrected chi connectivity index (χ4v) is 3.99. The molecule has 0 aromatic heterocycles. The van der Waals surface area contributed by atoms with E-state index in [4.69, 9.17) is 4.84 Å². The molecule has 1 aliphatic rings. The molecule has 1 fully saturated rings. The summed E-state index contributed by atoms with van der Waals surface area (Å²) in [5.74, 6) is -0.449. The third kappa shape index (κ3) is 4.06. The standard InChI is InChI=1S/C15H22N2O4S/c1-2-21-16-15(18)13-8-7-9-14(12-13)22(19,20)17-10-5-3-4-6-11-17/h7-9,12H,2-6,10-11H2,1H3,(H,16,18). The van der Waals surface area contributed by atoms with E-state index in [2.05, 4.69) is 5.48 Å². The molecule has 1 saturated heterocycles. The van der Waals surface area contributed by atoms with Crippen molar-refractivity contribution in [2.45, 2.75) is 37.5 Å². The number of nitrogens with zero attached hydrogens (tertiary/aromatic N) is 1. The first-order valence-electron chi connectivity index (χ1n) is 7.58. The van der Waals surface area contributed by atoms with E-state index in [0.717, 1.165) is 25.7 Å². The summed E-state index contributed by atoms with van der Waals surface area (Å²) in [6.07, 6.45) is 3.87. The Morgan fingerprint density at radius 2 is 1.91 bits per heavy atom. The lowest BCUT2D eigenvalue weighted by atomic mass is 10.2. The Labute approximate surface area is 131 Å². The third-order valence-electron chi connectivity index (χ3n) is 3.61. The normalized spacial score (nSPS) is 17.0. The Balaban J connectivity index is 2.21. The molecule has 0 spiro atoms. The number of rotatable bonds is 5. The Morgan fingerprint density at radius 3 is 2.55 bits per heavy atom. The van der Waals surface area contributed by atoms with Gasteiger partial charge in [-0.1, -0.05) is 18.9 Å². The van der Waals surface area contributed by atoms with Crippen LogP contribution in [0.4, 0.5) is 0 Å². The topological polar surface area (TPSA) is 75.7 Å². The molecule has 1 aliphatic heterocycles. The minimum Gasteiger partial charge on any atom is -0.274 e. The first-order valence-corrected chi connectivity index (χ1v) is 9.02. The van der Waals surface area contributed by atoms with Gasteiger partial charge in [-0.05, 0) is 38.0 Å². The van der Waals surface area contributed by atoms with Crippen molar-refractivity contribution in [1.29, 1.82) is 0 Å². The Bertz CT molecular complexity index is 608. The number of hydroxylamine groups is 1. The van der Waals surface area contributed by atoms with Crippen LogP contribution in [0.3, 0.4) is 0 Å². The quantitative estimate of drug-likeness (QED) is 0.839. The predicted octanol–water partition coefficient (Wildman–Crippen LogP) is 1.93. The zero-order valence-electron chi connectivity index (χ0n) is 12.7. The largest absolute Gasteiger partial charge is 0.274 e. The van der Waals surface area contributed by atoms with Gasteiger partial charge in [0.05, 0.1) is 11.5 Å². The lowest BCUT2D eigenvalue weighted by Crippen LogP contribution is -2.32. The molecule has 0 radical (unpaired) electrons. The Kier molecular flexibility index (Phi) is 5.93. The van der Waals surface area contributed by atoms with E-state index in [9.17, 15) is 13.2 Å². The van der Waals surface area contributed by atoms with Crippen molar-refractivity contribution >= 4 is 15.9 Å². The highest BCUT2D eigenvalue weighted by atomic mass is 32.2. The second kappa shape index (κ2) is 7.71. The van der Waals surface area contributed by atoms with E-state index in [1.54, 1.807) is 19.1 Å². The van der Waals surface area contributed by atoms with Crippen LogP contribution < -0.4 is 5.48 Å². The van der Waals surface area contributed by atoms with Crippen molar-refractivity contribution in [3.8, 4) is 0 Å². The number of sulfonamides is 1. The monoisotopic (exact) mass is 326 g/mol. The number of amides is 1. The van der Waals surface area contributed by atoms with Gasteiger partial charge >= 0.3 is 0 Å². The smallest absolute Gasteiger partial charge is 0.274 e. The second-order valence-electron chi connectivity index (χ2n) is 5.21. The van der Waals surface area contributed by atoms with Crippen LogP contribution >= 0.6 is 0 Å². The molecular weight excluding hydrogens is 304 g/mol. The van der Waals surface area contributed by atoms with Crippen molar-refractivity contribution in [3.63, 3.8) is 0 Å². The van der Waals surface area contributed by atoms with E-state index >= 15 is 0 Å². The predicted molar refractivity (Wildman–Crippen MR) is 82.8 cm³/mol. The van der Waals surface area contributed by atoms with Crippen molar-refractivity contribution in [1.82, 2.24) is 9.79 Å². The van der Waals surface area contributed by atoms with Crippen molar-refractivity contribution in [2.24, 2.45) is 0 Å². The molecule has 1 heterocycles. The number of nitrogens with one attached hydrogen (secondary N) is 1. The van der Waals surface area contributed by atoms with Crippen molar-refractivity contribution in [3.05, 3.63) is 29.8 Å². The van der Waals surface area contributed by atoms with Gasteiger partial charge in [0.15, 0.2) is 0 Å². The first-order chi connectivity index (χ1) is 10.6. The van der Waals surface area contributed by atoms with Crippen LogP contribution in [0.5, 0.6) is 0 Å². The molecule has 0 atom stereocenters. The second-order valence-corrected chi connectivity index (χ2v) is 7.15. The molecule has 1 aromatic rings. The summed E-state index contributed by atoms with van der Waals surface area (Å²) in [5, 5.41) is 0. The van der Waals surface area contributed by atoms with Gasteiger partial charge < -0.3 is 0 Å². The molecule has 6 nitrogen and oxygen atoms in total. The van der Waals surface area contributed by atoms with Crippen LogP contribution in [0.15, 0.2) is 29.2 Å². The summed E-state index contributed by atoms with van der Waals surface area (Å²) in [6.45, 7) is 3.17. The van der Waals surface area contributed by atoms with E-state index in [0.29, 0.717) is 19.7 Å². The summed E-state index contributed by atoms with van der Waals surface area (Å²) in [5.41, 5.74) is 2.54. The summed E-state index contributed by atoms with van der Waals surface area (Å²) in [6, 6.07) is 6.06. The van der Waals surface area contributed by atoms with Crippen LogP contribution in [-0.2, 0) is 14.9 Å². The van der Waals surface area contributed by atoms with Gasteiger partial charge in [-0.3, -0.25) is 9.63 Å². The van der Waals surface area contributed by atoms with Crippen LogP contribution in [0.25, 0.3) is 0 Å². The van der Waals surface area contributed by atoms with Crippen LogP contribution in [-0.4, -0.2) is 38.3 Å². The first kappa shape index (κ1) is 16.9. The van der Waals surface area contributed by atoms with Gasteiger partial charge in [0.25, 0.3) is 5.91 Å². The maximum absolute atomic E-state index is 12.7. The van der Waals surface area contributed by atoms with Crippen LogP contribution in [0, 0.1) is 0 Å². The number of hydrogen-bond acceptors (Lipinski definition) is 4. The van der Waals surface area contributed by atoms with E-state index in [-0.39, 0.29) is 10.5 Å². The molecule has 0 aliphatic carbocycles. The van der Waals surface area contributed by atoms with Crippen LogP contribution in [0.2, 0.25) is 0 Å². The summed E-state index contributed by atoms with van der Waals surface area (Å²) < 4.78 is 26.9. The van der Waals surface area contributed by atoms with Crippen molar-refractivity contribution < 1.29 is 18.0 Å². The SMILES string of the molecule is CCONC(=O)c1cccc(S(=O)(=O)N2CCCCCC2)c1. The lowest BCUT2D eigenvalue weighted by Gasteiger charge is -2.20. The highest BCUT2D eigenvalue weighted by Gasteiger charge is 2.25. The van der Waals surface area contributed by atoms with Crippen molar-refractivity contribution in [2.75, 3.05) is 19.7 Å². The molecule has 1 amide bonds. The Morgan fingerprint density at radius 1 is 1.23 bits per heavy atom. The summed E-state index contributed by atoms with van der Waals surface area (Å²) in [7, 11) is -3.55. The maximum atomic E-state index is 12.7. The summed E-state index contributed by atoms with van der Waals surface area (Å²) >= 11 is 0. The maximum Gasteiger partial charge on any atom is 0.274 e. The van der Waals surface area contributed by atoms with Gasteiger partial charge in [0, 0.05) is 18.7 Å². The number of carbonyl (C=O) groups excluding carboxylic acids is 1. The zero-order valence-corrected chi connectivity index (χ0v) is 13.6. The molecular formula is C15H22N2O4S. The molecule has 1 N–H and O–H groups in total. The van der Waals surface area contributed by atoms with Gasteiger partial charge in [-0.25, -0.2) is 13.9 Å². The fourth-order valence-electron chi connectivity index (χ4n) is 2.43. The average molecular weight is 326 g/mol. The average Bonchev–Trinajstić information content (AvgIpc) is 2.82. The highest BCUT2D eigenvalue weighted by Crippen LogP contribution is 2.21. The Hall–Kier alpha value is -1.44. The number of hydrogen-bond donors (Lipinski definition) is 1. The minimum absolute atomic E-state index is 0.151. The van der Waals surface area contributed by atoms with Gasteiger partial charge in [-0.2, -0.15) is 4.31 Å². The molecule has 0 bridgehead atoms. The van der Waals surface area contributed by atoms with E-state index < -0.39 is 15.9 Å². The molecule has 7 heteroatoms. The fraction of sp³-hybridized carbons (Fsp3) is 0.533. The van der Waals surface area contributed by atoms with Gasteiger partial charge in [-0.15, -0.1) is 0 Å².